The molecule has 1 unspecified atom stereocenters. The van der Waals surface area contributed by atoms with Gasteiger partial charge >= 0.3 is 0 Å². The Hall–Kier alpha value is -1.49. The standard InChI is InChI=1S/C16H22N4S/c1-5-12-9-15(18-10(2)17-12)20(4)14-8-6-7-13-16(14)21-11(3)19-13/h9,14H,5-8H2,1-4H3. The molecule has 0 aromatic carbocycles. The summed E-state index contributed by atoms with van der Waals surface area (Å²) >= 11 is 1.84. The van der Waals surface area contributed by atoms with Crippen molar-refractivity contribution in [3.8, 4) is 0 Å². The molecular formula is C16H22N4S. The molecule has 0 N–H and O–H groups in total. The number of aromatic nitrogens is 3. The van der Waals surface area contributed by atoms with Gasteiger partial charge in [-0.25, -0.2) is 15.0 Å². The van der Waals surface area contributed by atoms with Crippen molar-refractivity contribution in [3.63, 3.8) is 0 Å². The number of aryl methyl sites for hydroxylation is 4. The van der Waals surface area contributed by atoms with E-state index in [1.165, 1.54) is 28.4 Å². The van der Waals surface area contributed by atoms with Crippen molar-refractivity contribution < 1.29 is 0 Å². The summed E-state index contributed by atoms with van der Waals surface area (Å²) in [4.78, 5) is 17.5. The molecule has 0 amide bonds. The van der Waals surface area contributed by atoms with E-state index in [1.807, 2.05) is 18.3 Å². The maximum Gasteiger partial charge on any atom is 0.132 e. The quantitative estimate of drug-likeness (QED) is 0.868. The molecule has 1 atom stereocenters. The number of fused-ring (bicyclic) bond motifs is 1. The fraction of sp³-hybridized carbons (Fsp3) is 0.562. The summed E-state index contributed by atoms with van der Waals surface area (Å²) in [5.41, 5.74) is 2.41. The van der Waals surface area contributed by atoms with Gasteiger partial charge in [0.1, 0.15) is 11.6 Å². The fourth-order valence-corrected chi connectivity index (χ4v) is 4.17. The maximum absolute atomic E-state index is 4.69. The maximum atomic E-state index is 4.69. The molecule has 0 saturated heterocycles. The minimum Gasteiger partial charge on any atom is -0.352 e. The van der Waals surface area contributed by atoms with Crippen molar-refractivity contribution in [2.45, 2.75) is 52.5 Å². The van der Waals surface area contributed by atoms with Gasteiger partial charge < -0.3 is 4.90 Å². The van der Waals surface area contributed by atoms with Crippen LogP contribution in [0.25, 0.3) is 0 Å². The number of hydrogen-bond donors (Lipinski definition) is 0. The van der Waals surface area contributed by atoms with Crippen LogP contribution in [-0.4, -0.2) is 22.0 Å². The SMILES string of the molecule is CCc1cc(N(C)C2CCCc3nc(C)sc32)nc(C)n1. The Kier molecular flexibility index (Phi) is 3.93. The van der Waals surface area contributed by atoms with E-state index in [9.17, 15) is 0 Å². The van der Waals surface area contributed by atoms with Gasteiger partial charge in [0.2, 0.25) is 0 Å². The Morgan fingerprint density at radius 1 is 1.29 bits per heavy atom. The fourth-order valence-electron chi connectivity index (χ4n) is 3.02. The van der Waals surface area contributed by atoms with Crippen LogP contribution in [0.3, 0.4) is 0 Å². The highest BCUT2D eigenvalue weighted by atomic mass is 32.1. The van der Waals surface area contributed by atoms with Gasteiger partial charge in [0.25, 0.3) is 0 Å². The van der Waals surface area contributed by atoms with Crippen LogP contribution in [0.4, 0.5) is 5.82 Å². The predicted molar refractivity (Wildman–Crippen MR) is 87.1 cm³/mol. The van der Waals surface area contributed by atoms with Crippen LogP contribution in [0, 0.1) is 13.8 Å². The molecule has 3 rings (SSSR count). The minimum atomic E-state index is 0.402. The van der Waals surface area contributed by atoms with Crippen LogP contribution in [0.2, 0.25) is 0 Å². The molecule has 0 fully saturated rings. The van der Waals surface area contributed by atoms with Crippen LogP contribution in [0.5, 0.6) is 0 Å². The van der Waals surface area contributed by atoms with E-state index in [2.05, 4.69) is 46.8 Å². The zero-order valence-electron chi connectivity index (χ0n) is 13.2. The third kappa shape index (κ3) is 2.79. The average molecular weight is 302 g/mol. The molecule has 0 bridgehead atoms. The molecule has 0 aliphatic heterocycles. The van der Waals surface area contributed by atoms with Gasteiger partial charge in [-0.1, -0.05) is 6.92 Å². The lowest BCUT2D eigenvalue weighted by molar-refractivity contribution is 0.544. The Bertz CT molecular complexity index is 650. The van der Waals surface area contributed by atoms with Gasteiger partial charge in [-0.05, 0) is 39.5 Å². The molecule has 0 saturated carbocycles. The van der Waals surface area contributed by atoms with E-state index in [-0.39, 0.29) is 0 Å². The Balaban J connectivity index is 1.95. The predicted octanol–water partition coefficient (Wildman–Crippen LogP) is 3.63. The lowest BCUT2D eigenvalue weighted by atomic mass is 9.97. The first-order valence-electron chi connectivity index (χ1n) is 7.62. The second kappa shape index (κ2) is 5.72. The molecule has 0 spiro atoms. The van der Waals surface area contributed by atoms with Gasteiger partial charge in [-0.15, -0.1) is 11.3 Å². The summed E-state index contributed by atoms with van der Waals surface area (Å²) in [6.07, 6.45) is 4.44. The van der Waals surface area contributed by atoms with Gasteiger partial charge in [-0.3, -0.25) is 0 Å². The number of nitrogens with zero attached hydrogens (tertiary/aromatic N) is 4. The third-order valence-corrected chi connectivity index (χ3v) is 5.21. The highest BCUT2D eigenvalue weighted by molar-refractivity contribution is 7.11. The number of hydrogen-bond acceptors (Lipinski definition) is 5. The molecular weight excluding hydrogens is 280 g/mol. The summed E-state index contributed by atoms with van der Waals surface area (Å²) in [5, 5.41) is 1.17. The highest BCUT2D eigenvalue weighted by Crippen LogP contribution is 2.38. The van der Waals surface area contributed by atoms with E-state index in [1.54, 1.807) is 0 Å². The molecule has 1 aliphatic rings. The number of rotatable bonds is 3. The Labute approximate surface area is 130 Å². The van der Waals surface area contributed by atoms with Crippen molar-refractivity contribution in [1.29, 1.82) is 0 Å². The van der Waals surface area contributed by atoms with Crippen molar-refractivity contribution in [2.75, 3.05) is 11.9 Å². The molecule has 0 radical (unpaired) electrons. The Morgan fingerprint density at radius 2 is 2.10 bits per heavy atom. The summed E-state index contributed by atoms with van der Waals surface area (Å²) in [6, 6.07) is 2.52. The molecule has 21 heavy (non-hydrogen) atoms. The van der Waals surface area contributed by atoms with Crippen LogP contribution in [-0.2, 0) is 12.8 Å². The lowest BCUT2D eigenvalue weighted by Gasteiger charge is -2.31. The number of thiazole rings is 1. The van der Waals surface area contributed by atoms with Gasteiger partial charge in [0, 0.05) is 18.8 Å². The molecule has 1 aliphatic carbocycles. The first kappa shape index (κ1) is 14.4. The zero-order chi connectivity index (χ0) is 15.0. The van der Waals surface area contributed by atoms with Crippen LogP contribution in [0.15, 0.2) is 6.07 Å². The second-order valence-electron chi connectivity index (χ2n) is 5.68. The minimum absolute atomic E-state index is 0.402. The molecule has 2 aromatic rings. The summed E-state index contributed by atoms with van der Waals surface area (Å²) in [6.45, 7) is 6.21. The van der Waals surface area contributed by atoms with Crippen LogP contribution in [0.1, 0.15) is 52.9 Å². The molecule has 112 valence electrons. The van der Waals surface area contributed by atoms with E-state index in [0.717, 1.165) is 30.2 Å². The normalized spacial score (nSPS) is 17.6. The van der Waals surface area contributed by atoms with E-state index in [4.69, 9.17) is 0 Å². The summed E-state index contributed by atoms with van der Waals surface area (Å²) in [5.74, 6) is 1.89. The van der Waals surface area contributed by atoms with Gasteiger partial charge in [-0.2, -0.15) is 0 Å². The largest absolute Gasteiger partial charge is 0.352 e. The third-order valence-electron chi connectivity index (χ3n) is 4.10. The lowest BCUT2D eigenvalue weighted by Crippen LogP contribution is -2.27. The highest BCUT2D eigenvalue weighted by Gasteiger charge is 2.28. The topological polar surface area (TPSA) is 41.9 Å². The van der Waals surface area contributed by atoms with Crippen molar-refractivity contribution in [1.82, 2.24) is 15.0 Å². The van der Waals surface area contributed by atoms with Crippen LogP contribution >= 0.6 is 11.3 Å². The Morgan fingerprint density at radius 3 is 2.86 bits per heavy atom. The van der Waals surface area contributed by atoms with E-state index >= 15 is 0 Å². The molecule has 2 aromatic heterocycles. The summed E-state index contributed by atoms with van der Waals surface area (Å²) in [7, 11) is 2.15. The van der Waals surface area contributed by atoms with E-state index in [0.29, 0.717) is 6.04 Å². The van der Waals surface area contributed by atoms with Gasteiger partial charge in [0.15, 0.2) is 0 Å². The monoisotopic (exact) mass is 302 g/mol. The zero-order valence-corrected chi connectivity index (χ0v) is 14.0. The first-order chi connectivity index (χ1) is 10.1. The van der Waals surface area contributed by atoms with Crippen molar-refractivity contribution in [2.24, 2.45) is 0 Å². The van der Waals surface area contributed by atoms with Gasteiger partial charge in [0.05, 0.1) is 21.6 Å². The second-order valence-corrected chi connectivity index (χ2v) is 6.92. The molecule has 2 heterocycles. The van der Waals surface area contributed by atoms with Crippen molar-refractivity contribution >= 4 is 17.2 Å². The smallest absolute Gasteiger partial charge is 0.132 e. The van der Waals surface area contributed by atoms with Crippen LogP contribution < -0.4 is 4.90 Å². The van der Waals surface area contributed by atoms with Crippen molar-refractivity contribution in [3.05, 3.63) is 33.2 Å². The first-order valence-corrected chi connectivity index (χ1v) is 8.43. The number of anilines is 1. The average Bonchev–Trinajstić information content (AvgIpc) is 2.85. The molecule has 4 nitrogen and oxygen atoms in total. The summed E-state index contributed by atoms with van der Waals surface area (Å²) < 4.78 is 0. The molecule has 5 heteroatoms. The van der Waals surface area contributed by atoms with E-state index < -0.39 is 0 Å².